The second kappa shape index (κ2) is 7.23. The van der Waals surface area contributed by atoms with Crippen LogP contribution in [-0.2, 0) is 16.8 Å². The molecule has 0 bridgehead atoms. The molecule has 0 aliphatic heterocycles. The van der Waals surface area contributed by atoms with Gasteiger partial charge >= 0.3 is 5.97 Å². The number of rotatable bonds is 6. The molecule has 1 aromatic carbocycles. The first-order valence-corrected chi connectivity index (χ1v) is 8.52. The molecule has 7 nitrogen and oxygen atoms in total. The molecule has 1 aliphatic rings. The number of carbonyl (C=O) groups excluding carboxylic acids is 1. The van der Waals surface area contributed by atoms with E-state index in [2.05, 4.69) is 15.6 Å². The van der Waals surface area contributed by atoms with Gasteiger partial charge in [0.1, 0.15) is 6.54 Å². The van der Waals surface area contributed by atoms with Crippen LogP contribution in [0.1, 0.15) is 41.7 Å². The average Bonchev–Trinajstić information content (AvgIpc) is 3.24. The van der Waals surface area contributed by atoms with Gasteiger partial charge in [0.15, 0.2) is 5.69 Å². The highest BCUT2D eigenvalue weighted by atomic mass is 35.5. The van der Waals surface area contributed by atoms with Crippen LogP contribution in [0, 0.1) is 0 Å². The predicted octanol–water partition coefficient (Wildman–Crippen LogP) is 2.26. The Kier molecular flexibility index (Phi) is 5.03. The fraction of sp³-hybridized carbons (Fsp3) is 0.412. The van der Waals surface area contributed by atoms with Crippen molar-refractivity contribution in [3.8, 4) is 0 Å². The Bertz CT molecular complexity index is 766. The lowest BCUT2D eigenvalue weighted by molar-refractivity contribution is -0.122. The van der Waals surface area contributed by atoms with Crippen molar-refractivity contribution in [2.24, 2.45) is 0 Å². The second-order valence-electron chi connectivity index (χ2n) is 6.38. The SMILES string of the molecule is O=C(Cn1cc(C(=O)O)nn1)NCC1(c2ccc(Cl)cc2)CCCC1. The van der Waals surface area contributed by atoms with Gasteiger partial charge in [0.05, 0.1) is 6.20 Å². The van der Waals surface area contributed by atoms with Gasteiger partial charge in [0, 0.05) is 17.0 Å². The molecule has 2 aromatic rings. The zero-order chi connectivity index (χ0) is 17.9. The Labute approximate surface area is 150 Å². The van der Waals surface area contributed by atoms with E-state index in [0.29, 0.717) is 11.6 Å². The van der Waals surface area contributed by atoms with Gasteiger partial charge in [0.25, 0.3) is 0 Å². The topological polar surface area (TPSA) is 97.1 Å². The van der Waals surface area contributed by atoms with E-state index in [4.69, 9.17) is 16.7 Å². The molecule has 1 aliphatic carbocycles. The molecule has 0 atom stereocenters. The number of hydrogen-bond acceptors (Lipinski definition) is 4. The second-order valence-corrected chi connectivity index (χ2v) is 6.81. The normalized spacial score (nSPS) is 15.9. The molecule has 0 unspecified atom stereocenters. The average molecular weight is 363 g/mol. The largest absolute Gasteiger partial charge is 0.476 e. The number of nitrogens with one attached hydrogen (secondary N) is 1. The van der Waals surface area contributed by atoms with E-state index in [0.717, 1.165) is 25.7 Å². The Balaban J connectivity index is 1.64. The number of carboxylic acids is 1. The van der Waals surface area contributed by atoms with Crippen molar-refractivity contribution in [2.45, 2.75) is 37.6 Å². The monoisotopic (exact) mass is 362 g/mol. The minimum absolute atomic E-state index is 0.0586. The van der Waals surface area contributed by atoms with Gasteiger partial charge in [-0.1, -0.05) is 41.8 Å². The number of carbonyl (C=O) groups is 2. The predicted molar refractivity (Wildman–Crippen MR) is 91.6 cm³/mol. The van der Waals surface area contributed by atoms with Gasteiger partial charge in [-0.2, -0.15) is 0 Å². The zero-order valence-electron chi connectivity index (χ0n) is 13.6. The molecule has 2 N–H and O–H groups in total. The number of benzene rings is 1. The van der Waals surface area contributed by atoms with Gasteiger partial charge in [-0.05, 0) is 30.5 Å². The fourth-order valence-electron chi connectivity index (χ4n) is 3.37. The van der Waals surface area contributed by atoms with Crippen molar-refractivity contribution < 1.29 is 14.7 Å². The lowest BCUT2D eigenvalue weighted by atomic mass is 9.79. The lowest BCUT2D eigenvalue weighted by Crippen LogP contribution is -2.40. The van der Waals surface area contributed by atoms with Crippen molar-refractivity contribution in [1.29, 1.82) is 0 Å². The van der Waals surface area contributed by atoms with Crippen LogP contribution >= 0.6 is 11.6 Å². The molecule has 1 amide bonds. The molecule has 3 rings (SSSR count). The van der Waals surface area contributed by atoms with Crippen LogP contribution < -0.4 is 5.32 Å². The highest BCUT2D eigenvalue weighted by Crippen LogP contribution is 2.40. The Hall–Kier alpha value is -2.41. The molecule has 132 valence electrons. The molecule has 1 saturated carbocycles. The summed E-state index contributed by atoms with van der Waals surface area (Å²) in [5.74, 6) is -1.39. The van der Waals surface area contributed by atoms with Crippen molar-refractivity contribution >= 4 is 23.5 Å². The molecular formula is C17H19ClN4O3. The number of aromatic nitrogens is 3. The van der Waals surface area contributed by atoms with Crippen LogP contribution in [0.25, 0.3) is 0 Å². The third-order valence-corrected chi connectivity index (χ3v) is 4.96. The summed E-state index contributed by atoms with van der Waals surface area (Å²) >= 11 is 5.98. The summed E-state index contributed by atoms with van der Waals surface area (Å²) in [5, 5.41) is 19.6. The summed E-state index contributed by atoms with van der Waals surface area (Å²) in [7, 11) is 0. The molecule has 1 fully saturated rings. The van der Waals surface area contributed by atoms with E-state index in [1.54, 1.807) is 0 Å². The standard InChI is InChI=1S/C17H19ClN4O3/c18-13-5-3-12(4-6-13)17(7-1-2-8-17)11-19-15(23)10-22-9-14(16(24)25)20-21-22/h3-6,9H,1-2,7-8,10-11H2,(H,19,23)(H,24,25). The van der Waals surface area contributed by atoms with Gasteiger partial charge < -0.3 is 10.4 Å². The van der Waals surface area contributed by atoms with Crippen molar-refractivity contribution in [3.05, 3.63) is 46.7 Å². The van der Waals surface area contributed by atoms with Crippen LogP contribution in [0.2, 0.25) is 5.02 Å². The summed E-state index contributed by atoms with van der Waals surface area (Å²) in [6, 6.07) is 7.80. The highest BCUT2D eigenvalue weighted by molar-refractivity contribution is 6.30. The summed E-state index contributed by atoms with van der Waals surface area (Å²) in [4.78, 5) is 23.0. The van der Waals surface area contributed by atoms with Crippen LogP contribution in [0.5, 0.6) is 0 Å². The van der Waals surface area contributed by atoms with Crippen LogP contribution in [0.4, 0.5) is 0 Å². The quantitative estimate of drug-likeness (QED) is 0.821. The number of hydrogen-bond donors (Lipinski definition) is 2. The molecule has 1 heterocycles. The van der Waals surface area contributed by atoms with Crippen molar-refractivity contribution in [3.63, 3.8) is 0 Å². The first kappa shape index (κ1) is 17.4. The van der Waals surface area contributed by atoms with E-state index in [1.165, 1.54) is 16.4 Å². The number of aromatic carboxylic acids is 1. The summed E-state index contributed by atoms with van der Waals surface area (Å²) < 4.78 is 1.22. The minimum atomic E-state index is -1.17. The molecule has 0 radical (unpaired) electrons. The maximum Gasteiger partial charge on any atom is 0.358 e. The first-order chi connectivity index (χ1) is 12.0. The van der Waals surface area contributed by atoms with Gasteiger partial charge in [0.2, 0.25) is 5.91 Å². The molecule has 0 saturated heterocycles. The molecule has 1 aromatic heterocycles. The first-order valence-electron chi connectivity index (χ1n) is 8.15. The lowest BCUT2D eigenvalue weighted by Gasteiger charge is -2.30. The highest BCUT2D eigenvalue weighted by Gasteiger charge is 2.35. The minimum Gasteiger partial charge on any atom is -0.476 e. The van der Waals surface area contributed by atoms with E-state index >= 15 is 0 Å². The van der Waals surface area contributed by atoms with Gasteiger partial charge in [-0.25, -0.2) is 9.48 Å². The number of halogens is 1. The number of amides is 1. The number of carboxylic acid groups (broad SMARTS) is 1. The Morgan fingerprint density at radius 2 is 1.92 bits per heavy atom. The van der Waals surface area contributed by atoms with Crippen LogP contribution in [0.15, 0.2) is 30.5 Å². The molecule has 25 heavy (non-hydrogen) atoms. The van der Waals surface area contributed by atoms with Gasteiger partial charge in [-0.3, -0.25) is 4.79 Å². The summed E-state index contributed by atoms with van der Waals surface area (Å²) in [6.07, 6.45) is 5.53. The summed E-state index contributed by atoms with van der Waals surface area (Å²) in [5.41, 5.74) is 0.930. The Morgan fingerprint density at radius 1 is 1.24 bits per heavy atom. The van der Waals surface area contributed by atoms with Crippen LogP contribution in [-0.4, -0.2) is 38.5 Å². The van der Waals surface area contributed by atoms with E-state index < -0.39 is 5.97 Å². The zero-order valence-corrected chi connectivity index (χ0v) is 14.4. The molecule has 0 spiro atoms. The fourth-order valence-corrected chi connectivity index (χ4v) is 3.49. The van der Waals surface area contributed by atoms with E-state index in [9.17, 15) is 9.59 Å². The number of nitrogens with zero attached hydrogens (tertiary/aromatic N) is 3. The van der Waals surface area contributed by atoms with Crippen molar-refractivity contribution in [2.75, 3.05) is 6.54 Å². The third kappa shape index (κ3) is 3.99. The van der Waals surface area contributed by atoms with Gasteiger partial charge in [-0.15, -0.1) is 5.10 Å². The molecular weight excluding hydrogens is 344 g/mol. The Morgan fingerprint density at radius 3 is 2.52 bits per heavy atom. The van der Waals surface area contributed by atoms with Crippen LogP contribution in [0.3, 0.4) is 0 Å². The maximum absolute atomic E-state index is 12.2. The smallest absolute Gasteiger partial charge is 0.358 e. The van der Waals surface area contributed by atoms with E-state index in [1.807, 2.05) is 24.3 Å². The summed E-state index contributed by atoms with van der Waals surface area (Å²) in [6.45, 7) is 0.477. The maximum atomic E-state index is 12.2. The molecule has 8 heteroatoms. The van der Waals surface area contributed by atoms with E-state index in [-0.39, 0.29) is 23.6 Å². The third-order valence-electron chi connectivity index (χ3n) is 4.70. The van der Waals surface area contributed by atoms with Crippen molar-refractivity contribution in [1.82, 2.24) is 20.3 Å².